The summed E-state index contributed by atoms with van der Waals surface area (Å²) in [6.07, 6.45) is 1.47. The molecule has 1 aromatic heterocycles. The lowest BCUT2D eigenvalue weighted by molar-refractivity contribution is 0.427. The third-order valence-electron chi connectivity index (χ3n) is 2.29. The summed E-state index contributed by atoms with van der Waals surface area (Å²) in [5.41, 5.74) is 0.800. The number of aromatic nitrogens is 1. The Bertz CT molecular complexity index is 659. The summed E-state index contributed by atoms with van der Waals surface area (Å²) in [5.74, 6) is -0.639. The van der Waals surface area contributed by atoms with Gasteiger partial charge in [-0.25, -0.2) is 9.37 Å². The summed E-state index contributed by atoms with van der Waals surface area (Å²) in [4.78, 5) is 4.06. The molecule has 0 unspecified atom stereocenters. The molecule has 0 fully saturated rings. The fourth-order valence-electron chi connectivity index (χ4n) is 1.43. The molecule has 94 valence electrons. The molecular weight excluding hydrogens is 267 g/mol. The normalized spacial score (nSPS) is 9.74. The first-order valence-corrected chi connectivity index (χ1v) is 5.68. The van der Waals surface area contributed by atoms with Gasteiger partial charge in [-0.05, 0) is 24.3 Å². The van der Waals surface area contributed by atoms with Crippen LogP contribution < -0.4 is 4.74 Å². The van der Waals surface area contributed by atoms with E-state index in [1.54, 1.807) is 6.07 Å². The Morgan fingerprint density at radius 3 is 2.84 bits per heavy atom. The Balaban J connectivity index is 2.44. The minimum absolute atomic E-state index is 0.0842. The molecule has 3 nitrogen and oxygen atoms in total. The van der Waals surface area contributed by atoms with Crippen LogP contribution in [0.25, 0.3) is 6.08 Å². The van der Waals surface area contributed by atoms with E-state index in [1.807, 2.05) is 6.07 Å². The number of hydrogen-bond donors (Lipinski definition) is 0. The first-order chi connectivity index (χ1) is 9.13. The number of nitriles is 1. The van der Waals surface area contributed by atoms with Crippen molar-refractivity contribution >= 4 is 17.7 Å². The number of para-hydroxylation sites is 1. The number of rotatable bonds is 3. The van der Waals surface area contributed by atoms with Gasteiger partial charge >= 0.3 is 0 Å². The predicted molar refractivity (Wildman–Crippen MR) is 70.5 cm³/mol. The molecule has 0 radical (unpaired) electrons. The van der Waals surface area contributed by atoms with Crippen molar-refractivity contribution in [3.8, 4) is 17.7 Å². The topological polar surface area (TPSA) is 45.9 Å². The van der Waals surface area contributed by atoms with Crippen molar-refractivity contribution < 1.29 is 9.13 Å². The zero-order chi connectivity index (χ0) is 13.8. The van der Waals surface area contributed by atoms with Crippen LogP contribution in [0.5, 0.6) is 11.6 Å². The lowest BCUT2D eigenvalue weighted by Gasteiger charge is -2.08. The van der Waals surface area contributed by atoms with Crippen molar-refractivity contribution in [1.82, 2.24) is 4.98 Å². The van der Waals surface area contributed by atoms with Crippen molar-refractivity contribution in [3.05, 3.63) is 59.0 Å². The molecule has 0 N–H and O–H groups in total. The molecule has 0 saturated heterocycles. The second-order valence-electron chi connectivity index (χ2n) is 3.59. The first kappa shape index (κ1) is 13.1. The van der Waals surface area contributed by atoms with E-state index < -0.39 is 5.82 Å². The lowest BCUT2D eigenvalue weighted by Crippen LogP contribution is -1.94. The molecule has 0 atom stereocenters. The standard InChI is InChI=1S/C14H8ClFN2O/c1-2-10-6-9(8-17)7-13(18-10)19-14-11(15)4-3-5-12(14)16/h2-7H,1H2. The van der Waals surface area contributed by atoms with Gasteiger partial charge in [0.15, 0.2) is 11.6 Å². The Hall–Kier alpha value is -2.38. The number of pyridine rings is 1. The number of hydrogen-bond acceptors (Lipinski definition) is 3. The fourth-order valence-corrected chi connectivity index (χ4v) is 1.63. The van der Waals surface area contributed by atoms with Gasteiger partial charge in [-0.2, -0.15) is 5.26 Å². The van der Waals surface area contributed by atoms with E-state index in [-0.39, 0.29) is 16.7 Å². The molecule has 5 heteroatoms. The quantitative estimate of drug-likeness (QED) is 0.843. The monoisotopic (exact) mass is 274 g/mol. The smallest absolute Gasteiger partial charge is 0.221 e. The van der Waals surface area contributed by atoms with Crippen LogP contribution in [0.15, 0.2) is 36.9 Å². The molecule has 0 amide bonds. The second kappa shape index (κ2) is 5.51. The third kappa shape index (κ3) is 2.90. The summed E-state index contributed by atoms with van der Waals surface area (Å²) in [6.45, 7) is 3.56. The first-order valence-electron chi connectivity index (χ1n) is 5.30. The molecule has 19 heavy (non-hydrogen) atoms. The largest absolute Gasteiger partial charge is 0.434 e. The van der Waals surface area contributed by atoms with Gasteiger partial charge in [0.25, 0.3) is 0 Å². The molecule has 1 aromatic carbocycles. The summed E-state index contributed by atoms with van der Waals surface area (Å²) in [6, 6.07) is 9.11. The van der Waals surface area contributed by atoms with Crippen molar-refractivity contribution in [2.75, 3.05) is 0 Å². The van der Waals surface area contributed by atoms with Gasteiger partial charge in [0.2, 0.25) is 5.88 Å². The van der Waals surface area contributed by atoms with Gasteiger partial charge in [0.1, 0.15) is 0 Å². The van der Waals surface area contributed by atoms with E-state index in [0.29, 0.717) is 11.3 Å². The molecule has 2 rings (SSSR count). The average Bonchev–Trinajstić information content (AvgIpc) is 2.42. The highest BCUT2D eigenvalue weighted by Gasteiger charge is 2.11. The highest BCUT2D eigenvalue weighted by atomic mass is 35.5. The minimum Gasteiger partial charge on any atom is -0.434 e. The van der Waals surface area contributed by atoms with E-state index in [0.717, 1.165) is 0 Å². The van der Waals surface area contributed by atoms with Gasteiger partial charge in [-0.3, -0.25) is 0 Å². The van der Waals surface area contributed by atoms with Crippen LogP contribution in [0.3, 0.4) is 0 Å². The minimum atomic E-state index is -0.600. The average molecular weight is 275 g/mol. The zero-order valence-corrected chi connectivity index (χ0v) is 10.5. The van der Waals surface area contributed by atoms with E-state index in [9.17, 15) is 4.39 Å². The van der Waals surface area contributed by atoms with Crippen LogP contribution in [-0.2, 0) is 0 Å². The van der Waals surface area contributed by atoms with Crippen LogP contribution in [0.4, 0.5) is 4.39 Å². The fraction of sp³-hybridized carbons (Fsp3) is 0. The maximum absolute atomic E-state index is 13.6. The number of benzene rings is 1. The van der Waals surface area contributed by atoms with Gasteiger partial charge in [-0.15, -0.1) is 0 Å². The van der Waals surface area contributed by atoms with E-state index in [4.69, 9.17) is 21.6 Å². The maximum Gasteiger partial charge on any atom is 0.221 e. The van der Waals surface area contributed by atoms with E-state index in [1.165, 1.54) is 30.3 Å². The van der Waals surface area contributed by atoms with Crippen LogP contribution in [0.1, 0.15) is 11.3 Å². The Morgan fingerprint density at radius 2 is 2.21 bits per heavy atom. The Kier molecular flexibility index (Phi) is 3.79. The zero-order valence-electron chi connectivity index (χ0n) is 9.73. The molecule has 0 bridgehead atoms. The second-order valence-corrected chi connectivity index (χ2v) is 3.99. The summed E-state index contributed by atoms with van der Waals surface area (Å²) in [5, 5.41) is 9.02. The molecule has 0 aliphatic carbocycles. The lowest BCUT2D eigenvalue weighted by atomic mass is 10.2. The van der Waals surface area contributed by atoms with Gasteiger partial charge in [-0.1, -0.05) is 24.2 Å². The summed E-state index contributed by atoms with van der Waals surface area (Å²) in [7, 11) is 0. The van der Waals surface area contributed by atoms with Gasteiger partial charge in [0.05, 0.1) is 22.3 Å². The van der Waals surface area contributed by atoms with Crippen LogP contribution >= 0.6 is 11.6 Å². The SMILES string of the molecule is C=Cc1cc(C#N)cc(Oc2c(F)cccc2Cl)n1. The van der Waals surface area contributed by atoms with Crippen molar-refractivity contribution in [1.29, 1.82) is 5.26 Å². The van der Waals surface area contributed by atoms with Crippen LogP contribution in [0.2, 0.25) is 5.02 Å². The van der Waals surface area contributed by atoms with Crippen molar-refractivity contribution in [3.63, 3.8) is 0 Å². The van der Waals surface area contributed by atoms with Crippen LogP contribution in [0, 0.1) is 17.1 Å². The molecule has 2 aromatic rings. The van der Waals surface area contributed by atoms with Gasteiger partial charge in [0, 0.05) is 6.07 Å². The molecule has 0 saturated carbocycles. The predicted octanol–water partition coefficient (Wildman–Crippen LogP) is 4.18. The molecule has 0 spiro atoms. The summed E-state index contributed by atoms with van der Waals surface area (Å²) < 4.78 is 18.9. The maximum atomic E-state index is 13.6. The van der Waals surface area contributed by atoms with Crippen molar-refractivity contribution in [2.24, 2.45) is 0 Å². The highest BCUT2D eigenvalue weighted by Crippen LogP contribution is 2.31. The van der Waals surface area contributed by atoms with Crippen LogP contribution in [-0.4, -0.2) is 4.98 Å². The van der Waals surface area contributed by atoms with E-state index >= 15 is 0 Å². The molecule has 0 aliphatic rings. The Labute approximate surface area is 114 Å². The number of ether oxygens (including phenoxy) is 1. The molecule has 0 aliphatic heterocycles. The van der Waals surface area contributed by atoms with Gasteiger partial charge < -0.3 is 4.74 Å². The Morgan fingerprint density at radius 1 is 1.42 bits per heavy atom. The number of halogens is 2. The third-order valence-corrected chi connectivity index (χ3v) is 2.58. The molecule has 1 heterocycles. The summed E-state index contributed by atoms with van der Waals surface area (Å²) >= 11 is 5.85. The van der Waals surface area contributed by atoms with Crippen molar-refractivity contribution in [2.45, 2.75) is 0 Å². The molecular formula is C14H8ClFN2O. The van der Waals surface area contributed by atoms with E-state index in [2.05, 4.69) is 11.6 Å². The highest BCUT2D eigenvalue weighted by molar-refractivity contribution is 6.32. The number of nitrogens with zero attached hydrogens (tertiary/aromatic N) is 2.